The van der Waals surface area contributed by atoms with Crippen LogP contribution < -0.4 is 5.32 Å². The largest absolute Gasteiger partial charge is 0.481 e. The Hall–Kier alpha value is 0.430. The minimum atomic E-state index is -0.665. The Morgan fingerprint density at radius 2 is 2.30 bits per heavy atom. The monoisotopic (exact) mass is 152 g/mol. The summed E-state index contributed by atoms with van der Waals surface area (Å²) in [4.78, 5) is 10.3. The van der Waals surface area contributed by atoms with E-state index in [1.54, 1.807) is 0 Å². The first-order valence-corrected chi connectivity index (χ1v) is 3.24. The van der Waals surface area contributed by atoms with Crippen molar-refractivity contribution in [1.82, 2.24) is 5.32 Å². The van der Waals surface area contributed by atoms with Crippen LogP contribution >= 0.6 is 0 Å². The molecule has 0 saturated carbocycles. The van der Waals surface area contributed by atoms with Crippen LogP contribution in [0, 0.1) is 5.92 Å². The normalized spacial score (nSPS) is 25.0. The number of hydrogen-bond acceptors (Lipinski definition) is 2. The fourth-order valence-electron chi connectivity index (χ4n) is 1.06. The fraction of sp³-hybridized carbons (Fsp3) is 0.833. The summed E-state index contributed by atoms with van der Waals surface area (Å²) < 4.78 is 0. The number of hydrogen-bond donors (Lipinski definition) is 2. The number of aliphatic carboxylic acids is 1. The van der Waals surface area contributed by atoms with Crippen LogP contribution in [0.3, 0.4) is 0 Å². The predicted molar refractivity (Wildman–Crippen MR) is 39.0 cm³/mol. The molecule has 1 rings (SSSR count). The van der Waals surface area contributed by atoms with E-state index < -0.39 is 5.97 Å². The van der Waals surface area contributed by atoms with Crippen LogP contribution in [0.5, 0.6) is 0 Å². The minimum Gasteiger partial charge on any atom is -0.481 e. The van der Waals surface area contributed by atoms with Crippen molar-refractivity contribution in [1.29, 1.82) is 0 Å². The summed E-state index contributed by atoms with van der Waals surface area (Å²) in [5.41, 5.74) is 0. The van der Waals surface area contributed by atoms with E-state index in [0.29, 0.717) is 6.54 Å². The molecule has 1 atom stereocenters. The number of carboxylic acids is 1. The summed E-state index contributed by atoms with van der Waals surface area (Å²) in [6.07, 6.45) is 1.83. The summed E-state index contributed by atoms with van der Waals surface area (Å²) in [6, 6.07) is 0. The summed E-state index contributed by atoms with van der Waals surface area (Å²) in [5, 5.41) is 11.5. The molecule has 0 aromatic heterocycles. The van der Waals surface area contributed by atoms with E-state index in [4.69, 9.17) is 5.11 Å². The van der Waals surface area contributed by atoms with Crippen LogP contribution in [0.4, 0.5) is 0 Å². The molecule has 1 aliphatic rings. The van der Waals surface area contributed by atoms with Crippen molar-refractivity contribution in [2.75, 3.05) is 13.1 Å². The van der Waals surface area contributed by atoms with Gasteiger partial charge in [-0.15, -0.1) is 0 Å². The first-order chi connectivity index (χ1) is 4.30. The Labute approximate surface area is 82.5 Å². The molecule has 0 aromatic carbocycles. The maximum atomic E-state index is 10.3. The third kappa shape index (κ3) is 3.01. The van der Waals surface area contributed by atoms with Gasteiger partial charge < -0.3 is 10.4 Å². The molecule has 3 nitrogen and oxygen atoms in total. The number of rotatable bonds is 1. The molecule has 1 radical (unpaired) electrons. The molecule has 1 unspecified atom stereocenters. The molecule has 0 bridgehead atoms. The zero-order valence-corrected chi connectivity index (χ0v) is 8.26. The molecule has 0 aromatic rings. The van der Waals surface area contributed by atoms with E-state index in [1.807, 2.05) is 0 Å². The first-order valence-electron chi connectivity index (χ1n) is 3.24. The van der Waals surface area contributed by atoms with E-state index in [9.17, 15) is 4.79 Å². The van der Waals surface area contributed by atoms with E-state index in [0.717, 1.165) is 19.4 Å². The van der Waals surface area contributed by atoms with Crippen LogP contribution in [0.15, 0.2) is 0 Å². The van der Waals surface area contributed by atoms with Gasteiger partial charge in [0.15, 0.2) is 0 Å². The molecule has 0 spiro atoms. The second kappa shape index (κ2) is 5.13. The Morgan fingerprint density at radius 3 is 2.60 bits per heavy atom. The molecule has 0 amide bonds. The second-order valence-electron chi connectivity index (χ2n) is 2.38. The summed E-state index contributed by atoms with van der Waals surface area (Å²) in [7, 11) is 0. The van der Waals surface area contributed by atoms with E-state index in [-0.39, 0.29) is 35.5 Å². The maximum Gasteiger partial charge on any atom is 0.307 e. The Bertz CT molecular complexity index is 112. The second-order valence-corrected chi connectivity index (χ2v) is 2.38. The van der Waals surface area contributed by atoms with Crippen LogP contribution in [0.25, 0.3) is 0 Å². The molecule has 1 heterocycles. The molecule has 1 aliphatic heterocycles. The maximum absolute atomic E-state index is 10.3. The Kier molecular flexibility index (Phi) is 5.35. The average molecular weight is 152 g/mol. The number of carbonyl (C=O) groups is 1. The van der Waals surface area contributed by atoms with Crippen LogP contribution in [-0.2, 0) is 4.79 Å². The topological polar surface area (TPSA) is 49.3 Å². The van der Waals surface area contributed by atoms with Gasteiger partial charge in [-0.1, -0.05) is 0 Å². The van der Waals surface area contributed by atoms with Crippen LogP contribution in [0.1, 0.15) is 12.8 Å². The van der Waals surface area contributed by atoms with Crippen molar-refractivity contribution in [3.8, 4) is 0 Å². The number of carboxylic acid groups (broad SMARTS) is 1. The van der Waals surface area contributed by atoms with Gasteiger partial charge in [0.2, 0.25) is 0 Å². The average Bonchev–Trinajstić information content (AvgIpc) is 1.90. The quantitative estimate of drug-likeness (QED) is 0.507. The summed E-state index contributed by atoms with van der Waals surface area (Å²) in [5.74, 6) is -0.805. The zero-order chi connectivity index (χ0) is 6.69. The van der Waals surface area contributed by atoms with Gasteiger partial charge in [0.05, 0.1) is 5.92 Å². The Balaban J connectivity index is 0.000000810. The molecule has 53 valence electrons. The number of nitrogens with one attached hydrogen (secondary N) is 1. The van der Waals surface area contributed by atoms with Crippen LogP contribution in [0.2, 0.25) is 0 Å². The molecule has 4 heteroatoms. The molecule has 1 saturated heterocycles. The predicted octanol–water partition coefficient (Wildman–Crippen LogP) is -0.310. The molecule has 2 N–H and O–H groups in total. The van der Waals surface area contributed by atoms with Crippen molar-refractivity contribution in [3.63, 3.8) is 0 Å². The van der Waals surface area contributed by atoms with Crippen molar-refractivity contribution in [3.05, 3.63) is 0 Å². The molecule has 1 fully saturated rings. The summed E-state index contributed by atoms with van der Waals surface area (Å²) in [6.45, 7) is 1.62. The standard InChI is InChI=1S/C6H11NO2.Na/c8-6(9)5-2-1-3-7-4-5;/h5,7H,1-4H2,(H,8,9);. The third-order valence-corrected chi connectivity index (χ3v) is 1.65. The first kappa shape index (κ1) is 10.4. The van der Waals surface area contributed by atoms with Crippen molar-refractivity contribution in [2.45, 2.75) is 12.8 Å². The van der Waals surface area contributed by atoms with E-state index in [2.05, 4.69) is 5.32 Å². The Morgan fingerprint density at radius 1 is 1.60 bits per heavy atom. The smallest absolute Gasteiger partial charge is 0.307 e. The van der Waals surface area contributed by atoms with Gasteiger partial charge in [-0.25, -0.2) is 0 Å². The molecular weight excluding hydrogens is 141 g/mol. The zero-order valence-electron chi connectivity index (χ0n) is 6.26. The third-order valence-electron chi connectivity index (χ3n) is 1.65. The van der Waals surface area contributed by atoms with Crippen molar-refractivity contribution < 1.29 is 9.90 Å². The van der Waals surface area contributed by atoms with E-state index in [1.165, 1.54) is 0 Å². The van der Waals surface area contributed by atoms with Gasteiger partial charge in [0.1, 0.15) is 0 Å². The van der Waals surface area contributed by atoms with Gasteiger partial charge in [-0.3, -0.25) is 4.79 Å². The van der Waals surface area contributed by atoms with Gasteiger partial charge in [-0.05, 0) is 19.4 Å². The SMILES string of the molecule is O=C(O)C1CCCNC1.[Na]. The van der Waals surface area contributed by atoms with Gasteiger partial charge in [0.25, 0.3) is 0 Å². The molecule has 0 aliphatic carbocycles. The van der Waals surface area contributed by atoms with Gasteiger partial charge >= 0.3 is 5.97 Å². The molecular formula is C6H11NNaO2. The van der Waals surface area contributed by atoms with Crippen LogP contribution in [-0.4, -0.2) is 53.7 Å². The van der Waals surface area contributed by atoms with Crippen molar-refractivity contribution in [2.24, 2.45) is 5.92 Å². The van der Waals surface area contributed by atoms with E-state index >= 15 is 0 Å². The number of piperidine rings is 1. The summed E-state index contributed by atoms with van der Waals surface area (Å²) >= 11 is 0. The molecule has 10 heavy (non-hydrogen) atoms. The van der Waals surface area contributed by atoms with Gasteiger partial charge in [-0.2, -0.15) is 0 Å². The van der Waals surface area contributed by atoms with Gasteiger partial charge in [0, 0.05) is 36.1 Å². The van der Waals surface area contributed by atoms with Crippen molar-refractivity contribution >= 4 is 35.5 Å². The fourth-order valence-corrected chi connectivity index (χ4v) is 1.06. The minimum absolute atomic E-state index is 0.